The summed E-state index contributed by atoms with van der Waals surface area (Å²) in [7, 11) is 0. The molecule has 0 radical (unpaired) electrons. The van der Waals surface area contributed by atoms with Crippen LogP contribution in [0.5, 0.6) is 0 Å². The molecule has 6 atom stereocenters. The van der Waals surface area contributed by atoms with E-state index >= 15 is 0 Å². The highest BCUT2D eigenvalue weighted by Gasteiger charge is 2.62. The Morgan fingerprint density at radius 1 is 1.21 bits per heavy atom. The summed E-state index contributed by atoms with van der Waals surface area (Å²) in [6.07, 6.45) is 14.7. The first kappa shape index (κ1) is 16.6. The fourth-order valence-electron chi connectivity index (χ4n) is 7.33. The van der Waals surface area contributed by atoms with Crippen LogP contribution < -0.4 is 0 Å². The van der Waals surface area contributed by atoms with Gasteiger partial charge >= 0.3 is 0 Å². The number of fused-ring (bicyclic) bond motifs is 5. The molecule has 4 aliphatic rings. The van der Waals surface area contributed by atoms with Gasteiger partial charge in [-0.05, 0) is 81.1 Å². The van der Waals surface area contributed by atoms with E-state index < -0.39 is 5.60 Å². The topological polar surface area (TPSA) is 37.3 Å². The summed E-state index contributed by atoms with van der Waals surface area (Å²) in [6.45, 7) is 6.27. The van der Waals surface area contributed by atoms with Gasteiger partial charge in [-0.3, -0.25) is 4.79 Å². The van der Waals surface area contributed by atoms with Crippen LogP contribution in [0.1, 0.15) is 71.1 Å². The Hall–Kier alpha value is -0.890. The molecule has 0 aromatic carbocycles. The van der Waals surface area contributed by atoms with Gasteiger partial charge in [0.2, 0.25) is 0 Å². The maximum absolute atomic E-state index is 11.8. The van der Waals surface area contributed by atoms with Crippen molar-refractivity contribution in [2.45, 2.75) is 76.7 Å². The van der Waals surface area contributed by atoms with Gasteiger partial charge in [0.25, 0.3) is 0 Å². The lowest BCUT2D eigenvalue weighted by atomic mass is 9.49. The quantitative estimate of drug-likeness (QED) is 0.754. The average Bonchev–Trinajstić information content (AvgIpc) is 2.88. The van der Waals surface area contributed by atoms with Crippen molar-refractivity contribution in [1.82, 2.24) is 0 Å². The van der Waals surface area contributed by atoms with Crippen LogP contribution in [0.4, 0.5) is 0 Å². The van der Waals surface area contributed by atoms with Gasteiger partial charge in [-0.15, -0.1) is 6.58 Å². The molecule has 2 nitrogen and oxygen atoms in total. The molecular formula is C22H32O2. The average molecular weight is 328 g/mol. The van der Waals surface area contributed by atoms with Crippen LogP contribution in [0.3, 0.4) is 0 Å². The van der Waals surface area contributed by atoms with Gasteiger partial charge in [-0.1, -0.05) is 25.0 Å². The molecule has 0 unspecified atom stereocenters. The maximum atomic E-state index is 11.8. The third kappa shape index (κ3) is 2.14. The summed E-state index contributed by atoms with van der Waals surface area (Å²) in [6, 6.07) is 0. The molecule has 3 fully saturated rings. The van der Waals surface area contributed by atoms with Crippen molar-refractivity contribution < 1.29 is 9.90 Å². The van der Waals surface area contributed by atoms with Crippen molar-refractivity contribution in [2.24, 2.45) is 29.1 Å². The number of allylic oxidation sites excluding steroid dienone is 1. The first-order chi connectivity index (χ1) is 11.5. The van der Waals surface area contributed by atoms with E-state index in [-0.39, 0.29) is 5.41 Å². The molecule has 0 aromatic rings. The van der Waals surface area contributed by atoms with Crippen LogP contribution in [0, 0.1) is 29.1 Å². The molecule has 0 amide bonds. The minimum Gasteiger partial charge on any atom is -0.385 e. The summed E-state index contributed by atoms with van der Waals surface area (Å²) in [5, 5.41) is 11.4. The van der Waals surface area contributed by atoms with Gasteiger partial charge in [0.1, 0.15) is 0 Å². The number of hydrogen-bond donors (Lipinski definition) is 1. The van der Waals surface area contributed by atoms with E-state index in [2.05, 4.69) is 13.5 Å². The molecule has 24 heavy (non-hydrogen) atoms. The van der Waals surface area contributed by atoms with Crippen LogP contribution in [0.2, 0.25) is 0 Å². The smallest absolute Gasteiger partial charge is 0.155 e. The van der Waals surface area contributed by atoms with Crippen LogP contribution >= 0.6 is 0 Å². The van der Waals surface area contributed by atoms with E-state index in [1.165, 1.54) is 18.4 Å². The van der Waals surface area contributed by atoms with Crippen LogP contribution in [-0.2, 0) is 4.79 Å². The van der Waals surface area contributed by atoms with Gasteiger partial charge in [-0.2, -0.15) is 0 Å². The molecule has 4 aliphatic carbocycles. The molecule has 4 rings (SSSR count). The fraction of sp³-hybridized carbons (Fsp3) is 0.773. The maximum Gasteiger partial charge on any atom is 0.155 e. The Labute approximate surface area is 146 Å². The number of rotatable bonds is 3. The van der Waals surface area contributed by atoms with E-state index in [0.29, 0.717) is 17.6 Å². The van der Waals surface area contributed by atoms with Crippen molar-refractivity contribution in [1.29, 1.82) is 0 Å². The molecule has 2 heteroatoms. The normalized spacial score (nSPS) is 47.4. The van der Waals surface area contributed by atoms with Gasteiger partial charge in [0.15, 0.2) is 5.78 Å². The molecule has 3 saturated carbocycles. The van der Waals surface area contributed by atoms with Crippen molar-refractivity contribution in [3.05, 3.63) is 24.3 Å². The predicted octanol–water partition coefficient (Wildman–Crippen LogP) is 4.83. The summed E-state index contributed by atoms with van der Waals surface area (Å²) in [5.41, 5.74) is 0.862. The largest absolute Gasteiger partial charge is 0.385 e. The lowest BCUT2D eigenvalue weighted by molar-refractivity contribution is -0.118. The summed E-state index contributed by atoms with van der Waals surface area (Å²) in [5.74, 6) is 3.14. The Morgan fingerprint density at radius 3 is 2.79 bits per heavy atom. The van der Waals surface area contributed by atoms with E-state index in [1.807, 2.05) is 12.2 Å². The fourth-order valence-corrected chi connectivity index (χ4v) is 7.33. The molecule has 0 heterocycles. The monoisotopic (exact) mass is 328 g/mol. The molecule has 1 N–H and O–H groups in total. The summed E-state index contributed by atoms with van der Waals surface area (Å²) < 4.78 is 0. The van der Waals surface area contributed by atoms with Crippen LogP contribution in [0.25, 0.3) is 0 Å². The number of ketones is 1. The number of carbonyl (C=O) groups is 1. The third-order valence-corrected chi connectivity index (χ3v) is 8.24. The van der Waals surface area contributed by atoms with Crippen LogP contribution in [0.15, 0.2) is 24.3 Å². The Morgan fingerprint density at radius 2 is 2.04 bits per heavy atom. The van der Waals surface area contributed by atoms with Crippen molar-refractivity contribution in [3.8, 4) is 0 Å². The SMILES string of the molecule is C=C[C@]1(O)CC[C@H]2[C@@H]3CCC4=CC(=O)CC[C@@H]4[C@H]3CC[C@@]21CCC. The van der Waals surface area contributed by atoms with E-state index in [0.717, 1.165) is 63.2 Å². The second-order valence-corrected chi connectivity index (χ2v) is 8.92. The molecule has 0 saturated heterocycles. The zero-order valence-corrected chi connectivity index (χ0v) is 15.1. The first-order valence-corrected chi connectivity index (χ1v) is 10.1. The highest BCUT2D eigenvalue weighted by Crippen LogP contribution is 2.66. The molecule has 132 valence electrons. The second-order valence-electron chi connectivity index (χ2n) is 8.92. The Bertz CT molecular complexity index is 577. The van der Waals surface area contributed by atoms with Crippen LogP contribution in [-0.4, -0.2) is 16.5 Å². The van der Waals surface area contributed by atoms with Gasteiger partial charge in [-0.25, -0.2) is 0 Å². The molecule has 0 spiro atoms. The van der Waals surface area contributed by atoms with Crippen molar-refractivity contribution in [3.63, 3.8) is 0 Å². The van der Waals surface area contributed by atoms with Crippen molar-refractivity contribution in [2.75, 3.05) is 0 Å². The summed E-state index contributed by atoms with van der Waals surface area (Å²) >= 11 is 0. The van der Waals surface area contributed by atoms with E-state index in [1.54, 1.807) is 0 Å². The second kappa shape index (κ2) is 5.83. The number of aliphatic hydroxyl groups is 1. The molecule has 0 aliphatic heterocycles. The Balaban J connectivity index is 1.67. The van der Waals surface area contributed by atoms with E-state index in [9.17, 15) is 9.90 Å². The third-order valence-electron chi connectivity index (χ3n) is 8.24. The lowest BCUT2D eigenvalue weighted by Crippen LogP contribution is -2.53. The molecule has 0 bridgehead atoms. The number of carbonyl (C=O) groups excluding carboxylic acids is 1. The molecule has 0 aromatic heterocycles. The van der Waals surface area contributed by atoms with Gasteiger partial charge < -0.3 is 5.11 Å². The highest BCUT2D eigenvalue weighted by atomic mass is 16.3. The minimum absolute atomic E-state index is 0.0658. The zero-order valence-electron chi connectivity index (χ0n) is 15.1. The zero-order chi connectivity index (χ0) is 16.9. The van der Waals surface area contributed by atoms with E-state index in [4.69, 9.17) is 0 Å². The highest BCUT2D eigenvalue weighted by molar-refractivity contribution is 5.91. The predicted molar refractivity (Wildman–Crippen MR) is 96.5 cm³/mol. The molecular weight excluding hydrogens is 296 g/mol. The number of hydrogen-bond acceptors (Lipinski definition) is 2. The standard InChI is InChI=1S/C22H32O2/c1-3-11-21-12-9-18-17-8-6-16(23)14-15(17)5-7-19(18)20(21)10-13-22(21,24)4-2/h4,14,17-20,24H,2-3,5-13H2,1H3/t17-,18+,19+,20-,21-,22-/m0/s1. The lowest BCUT2D eigenvalue weighted by Gasteiger charge is -2.56. The van der Waals surface area contributed by atoms with Crippen molar-refractivity contribution >= 4 is 5.78 Å². The summed E-state index contributed by atoms with van der Waals surface area (Å²) in [4.78, 5) is 11.8. The Kier molecular flexibility index (Phi) is 4.03. The first-order valence-electron chi connectivity index (χ1n) is 10.1. The van der Waals surface area contributed by atoms with Gasteiger partial charge in [0, 0.05) is 11.8 Å². The minimum atomic E-state index is -0.655. The van der Waals surface area contributed by atoms with Gasteiger partial charge in [0.05, 0.1) is 5.60 Å².